The Morgan fingerprint density at radius 3 is 2.65 bits per heavy atom. The number of aromatic nitrogens is 1. The number of carbonyl (C=O) groups excluding carboxylic acids is 1. The first-order chi connectivity index (χ1) is 9.58. The Morgan fingerprint density at radius 1 is 1.10 bits per heavy atom. The number of para-hydroxylation sites is 1. The zero-order valence-corrected chi connectivity index (χ0v) is 11.3. The predicted molar refractivity (Wildman–Crippen MR) is 77.6 cm³/mol. The molecule has 0 saturated carbocycles. The summed E-state index contributed by atoms with van der Waals surface area (Å²) in [5.41, 5.74) is 3.54. The number of carbonyl (C=O) groups is 1. The molecule has 0 saturated heterocycles. The van der Waals surface area contributed by atoms with Gasteiger partial charge in [0.25, 0.3) is 0 Å². The fraction of sp³-hybridized carbons (Fsp3) is 0.118. The van der Waals surface area contributed by atoms with Crippen LogP contribution in [0.15, 0.2) is 42.5 Å². The van der Waals surface area contributed by atoms with E-state index in [1.807, 2.05) is 38.1 Å². The summed E-state index contributed by atoms with van der Waals surface area (Å²) in [6.07, 6.45) is 0. The van der Waals surface area contributed by atoms with Crippen molar-refractivity contribution < 1.29 is 9.18 Å². The van der Waals surface area contributed by atoms with Crippen LogP contribution in [-0.2, 0) is 0 Å². The number of benzene rings is 2. The zero-order valence-electron chi connectivity index (χ0n) is 11.3. The molecule has 3 rings (SSSR count). The molecule has 0 fully saturated rings. The largest absolute Gasteiger partial charge is 0.358 e. The Bertz CT molecular complexity index is 817. The highest BCUT2D eigenvalue weighted by Gasteiger charge is 2.19. The van der Waals surface area contributed by atoms with E-state index in [9.17, 15) is 9.18 Å². The average Bonchev–Trinajstić information content (AvgIpc) is 2.76. The summed E-state index contributed by atoms with van der Waals surface area (Å²) < 4.78 is 13.4. The van der Waals surface area contributed by atoms with Gasteiger partial charge in [-0.25, -0.2) is 4.39 Å². The van der Waals surface area contributed by atoms with E-state index in [0.29, 0.717) is 11.1 Å². The SMILES string of the molecule is Cc1ccc(F)cc1C(=O)c1c(C)[nH]c2ccccc12. The maximum atomic E-state index is 13.4. The highest BCUT2D eigenvalue weighted by molar-refractivity contribution is 6.17. The standard InChI is InChI=1S/C17H14FNO/c1-10-7-8-12(18)9-14(10)17(20)16-11(2)19-15-6-4-3-5-13(15)16/h3-9,19H,1-2H3. The van der Waals surface area contributed by atoms with E-state index >= 15 is 0 Å². The number of rotatable bonds is 2. The molecule has 0 radical (unpaired) electrons. The van der Waals surface area contributed by atoms with Crippen LogP contribution in [0.2, 0.25) is 0 Å². The molecule has 3 aromatic rings. The van der Waals surface area contributed by atoms with Crippen molar-refractivity contribution in [3.63, 3.8) is 0 Å². The molecule has 0 atom stereocenters. The second kappa shape index (κ2) is 4.60. The van der Waals surface area contributed by atoms with Crippen LogP contribution in [0.25, 0.3) is 10.9 Å². The third-order valence-electron chi connectivity index (χ3n) is 3.56. The fourth-order valence-electron chi connectivity index (χ4n) is 2.54. The third-order valence-corrected chi connectivity index (χ3v) is 3.56. The first-order valence-electron chi connectivity index (χ1n) is 6.46. The maximum Gasteiger partial charge on any atom is 0.195 e. The van der Waals surface area contributed by atoms with Crippen LogP contribution in [0.5, 0.6) is 0 Å². The second-order valence-electron chi connectivity index (χ2n) is 4.96. The van der Waals surface area contributed by atoms with Crippen LogP contribution in [0.3, 0.4) is 0 Å². The van der Waals surface area contributed by atoms with Gasteiger partial charge in [0, 0.05) is 22.2 Å². The lowest BCUT2D eigenvalue weighted by molar-refractivity contribution is 0.103. The number of nitrogens with one attached hydrogen (secondary N) is 1. The van der Waals surface area contributed by atoms with E-state index < -0.39 is 5.82 Å². The Kier molecular flexibility index (Phi) is 2.90. The summed E-state index contributed by atoms with van der Waals surface area (Å²) in [5.74, 6) is -0.534. The molecule has 0 amide bonds. The Morgan fingerprint density at radius 2 is 1.85 bits per heavy atom. The van der Waals surface area contributed by atoms with Crippen molar-refractivity contribution in [2.45, 2.75) is 13.8 Å². The van der Waals surface area contributed by atoms with Gasteiger partial charge in [-0.1, -0.05) is 24.3 Å². The van der Waals surface area contributed by atoms with Crippen molar-refractivity contribution in [3.05, 3.63) is 70.7 Å². The van der Waals surface area contributed by atoms with Crippen LogP contribution in [0, 0.1) is 19.7 Å². The molecule has 3 heteroatoms. The minimum atomic E-state index is -0.392. The molecule has 0 aliphatic carbocycles. The molecule has 1 heterocycles. The Balaban J connectivity index is 2.22. The molecule has 0 unspecified atom stereocenters. The number of hydrogen-bond donors (Lipinski definition) is 1. The Hall–Kier alpha value is -2.42. The summed E-state index contributed by atoms with van der Waals surface area (Å²) in [6.45, 7) is 3.68. The lowest BCUT2D eigenvalue weighted by atomic mass is 9.97. The van der Waals surface area contributed by atoms with E-state index in [2.05, 4.69) is 4.98 Å². The molecule has 1 aromatic heterocycles. The van der Waals surface area contributed by atoms with Gasteiger partial charge in [0.05, 0.1) is 5.56 Å². The molecule has 2 aromatic carbocycles. The summed E-state index contributed by atoms with van der Waals surface area (Å²) >= 11 is 0. The average molecular weight is 267 g/mol. The van der Waals surface area contributed by atoms with Crippen molar-refractivity contribution in [2.75, 3.05) is 0 Å². The van der Waals surface area contributed by atoms with Crippen molar-refractivity contribution >= 4 is 16.7 Å². The predicted octanol–water partition coefficient (Wildman–Crippen LogP) is 4.15. The number of H-pyrrole nitrogens is 1. The monoisotopic (exact) mass is 267 g/mol. The van der Waals surface area contributed by atoms with Gasteiger partial charge < -0.3 is 4.98 Å². The normalized spacial score (nSPS) is 10.9. The molecule has 0 aliphatic rings. The molecule has 1 N–H and O–H groups in total. The van der Waals surface area contributed by atoms with Crippen LogP contribution in [0.4, 0.5) is 4.39 Å². The number of hydrogen-bond acceptors (Lipinski definition) is 1. The molecule has 20 heavy (non-hydrogen) atoms. The van der Waals surface area contributed by atoms with Gasteiger partial charge in [0.1, 0.15) is 5.82 Å². The minimum Gasteiger partial charge on any atom is -0.358 e. The first-order valence-corrected chi connectivity index (χ1v) is 6.46. The van der Waals surface area contributed by atoms with Gasteiger partial charge in [-0.3, -0.25) is 4.79 Å². The van der Waals surface area contributed by atoms with Crippen LogP contribution < -0.4 is 0 Å². The van der Waals surface area contributed by atoms with Crippen molar-refractivity contribution in [2.24, 2.45) is 0 Å². The number of fused-ring (bicyclic) bond motifs is 1. The van der Waals surface area contributed by atoms with E-state index in [4.69, 9.17) is 0 Å². The van der Waals surface area contributed by atoms with E-state index in [-0.39, 0.29) is 5.78 Å². The lowest BCUT2D eigenvalue weighted by Crippen LogP contribution is -2.05. The summed E-state index contributed by atoms with van der Waals surface area (Å²) in [5, 5.41) is 0.874. The van der Waals surface area contributed by atoms with Crippen molar-refractivity contribution in [3.8, 4) is 0 Å². The van der Waals surface area contributed by atoms with E-state index in [1.165, 1.54) is 12.1 Å². The lowest BCUT2D eigenvalue weighted by Gasteiger charge is -2.05. The second-order valence-corrected chi connectivity index (χ2v) is 4.96. The molecule has 2 nitrogen and oxygen atoms in total. The van der Waals surface area contributed by atoms with Gasteiger partial charge in [0.2, 0.25) is 0 Å². The summed E-state index contributed by atoms with van der Waals surface area (Å²) in [4.78, 5) is 15.9. The van der Waals surface area contributed by atoms with Gasteiger partial charge >= 0.3 is 0 Å². The quantitative estimate of drug-likeness (QED) is 0.695. The third kappa shape index (κ3) is 1.92. The molecular formula is C17H14FNO. The van der Waals surface area contributed by atoms with Crippen molar-refractivity contribution in [1.29, 1.82) is 0 Å². The molecule has 0 bridgehead atoms. The number of ketones is 1. The van der Waals surface area contributed by atoms with Crippen LogP contribution in [0.1, 0.15) is 27.2 Å². The van der Waals surface area contributed by atoms with E-state index in [0.717, 1.165) is 22.2 Å². The molecular weight excluding hydrogens is 253 g/mol. The van der Waals surface area contributed by atoms with Gasteiger partial charge in [-0.15, -0.1) is 0 Å². The van der Waals surface area contributed by atoms with Gasteiger partial charge in [0.15, 0.2) is 5.78 Å². The summed E-state index contributed by atoms with van der Waals surface area (Å²) in [6, 6.07) is 11.9. The molecule has 0 spiro atoms. The molecule has 0 aliphatic heterocycles. The highest BCUT2D eigenvalue weighted by atomic mass is 19.1. The fourth-order valence-corrected chi connectivity index (χ4v) is 2.54. The molecule has 100 valence electrons. The number of halogens is 1. The number of aromatic amines is 1. The van der Waals surface area contributed by atoms with Gasteiger partial charge in [-0.2, -0.15) is 0 Å². The smallest absolute Gasteiger partial charge is 0.195 e. The Labute approximate surface area is 116 Å². The number of aryl methyl sites for hydroxylation is 2. The maximum absolute atomic E-state index is 13.4. The van der Waals surface area contributed by atoms with Crippen molar-refractivity contribution in [1.82, 2.24) is 4.98 Å². The van der Waals surface area contributed by atoms with E-state index in [1.54, 1.807) is 6.07 Å². The first kappa shape index (κ1) is 12.6. The van der Waals surface area contributed by atoms with Gasteiger partial charge in [-0.05, 0) is 37.6 Å². The topological polar surface area (TPSA) is 32.9 Å². The minimum absolute atomic E-state index is 0.142. The highest BCUT2D eigenvalue weighted by Crippen LogP contribution is 2.25. The van der Waals surface area contributed by atoms with Crippen LogP contribution >= 0.6 is 0 Å². The summed E-state index contributed by atoms with van der Waals surface area (Å²) in [7, 11) is 0. The zero-order chi connectivity index (χ0) is 14.3. The van der Waals surface area contributed by atoms with Crippen LogP contribution in [-0.4, -0.2) is 10.8 Å².